The molecule has 1 amide bonds. The number of carbonyl (C=O) groups excluding carboxylic acids is 1. The highest BCUT2D eigenvalue weighted by Crippen LogP contribution is 2.36. The van der Waals surface area contributed by atoms with Gasteiger partial charge in [-0.05, 0) is 31.2 Å². The molecule has 0 atom stereocenters. The van der Waals surface area contributed by atoms with E-state index < -0.39 is 0 Å². The molecule has 23 heavy (non-hydrogen) atoms. The fraction of sp³-hybridized carbons (Fsp3) is 0.0526. The molecule has 4 heteroatoms. The summed E-state index contributed by atoms with van der Waals surface area (Å²) in [6, 6.07) is 15.0. The Bertz CT molecular complexity index is 1040. The van der Waals surface area contributed by atoms with E-state index in [4.69, 9.17) is 9.68 Å². The molecule has 110 valence electrons. The minimum atomic E-state index is -0.167. The van der Waals surface area contributed by atoms with Gasteiger partial charge in [0.05, 0.1) is 17.3 Å². The maximum Gasteiger partial charge on any atom is 0.256 e. The number of carbonyl (C=O) groups is 1. The molecule has 0 bridgehead atoms. The number of hydrogen-bond donors (Lipinski definition) is 1. The van der Waals surface area contributed by atoms with Gasteiger partial charge in [-0.1, -0.05) is 24.3 Å². The molecule has 0 saturated carbocycles. The van der Waals surface area contributed by atoms with Crippen LogP contribution in [0.25, 0.3) is 22.6 Å². The average molecular weight is 300 g/mol. The lowest BCUT2D eigenvalue weighted by atomic mass is 10.0. The predicted molar refractivity (Wildman–Crippen MR) is 88.6 cm³/mol. The average Bonchev–Trinajstić information content (AvgIpc) is 3.04. The van der Waals surface area contributed by atoms with Crippen LogP contribution in [0.5, 0.6) is 0 Å². The van der Waals surface area contributed by atoms with Gasteiger partial charge >= 0.3 is 0 Å². The molecule has 1 N–H and O–H groups in total. The number of hydrogen-bond acceptors (Lipinski definition) is 3. The van der Waals surface area contributed by atoms with Crippen LogP contribution in [0.4, 0.5) is 5.69 Å². The van der Waals surface area contributed by atoms with Crippen LogP contribution in [-0.4, -0.2) is 5.91 Å². The second-order valence-corrected chi connectivity index (χ2v) is 5.45. The van der Waals surface area contributed by atoms with Crippen molar-refractivity contribution in [2.45, 2.75) is 6.92 Å². The van der Waals surface area contributed by atoms with Gasteiger partial charge in [-0.2, -0.15) is 5.26 Å². The lowest BCUT2D eigenvalue weighted by Gasteiger charge is -1.99. The molecule has 4 rings (SSSR count). The molecule has 0 aliphatic carbocycles. The summed E-state index contributed by atoms with van der Waals surface area (Å²) in [5.41, 5.74) is 4.29. The molecule has 1 aromatic heterocycles. The Morgan fingerprint density at radius 3 is 2.87 bits per heavy atom. The number of nitrogens with one attached hydrogen (secondary N) is 1. The van der Waals surface area contributed by atoms with Crippen LogP contribution < -0.4 is 5.32 Å². The molecular weight excluding hydrogens is 288 g/mol. The molecule has 1 aliphatic rings. The normalized spacial score (nSPS) is 14.8. The van der Waals surface area contributed by atoms with Crippen molar-refractivity contribution < 1.29 is 9.21 Å². The van der Waals surface area contributed by atoms with E-state index in [-0.39, 0.29) is 5.91 Å². The zero-order valence-electron chi connectivity index (χ0n) is 12.4. The van der Waals surface area contributed by atoms with Crippen LogP contribution >= 0.6 is 0 Å². The fourth-order valence-electron chi connectivity index (χ4n) is 2.92. The summed E-state index contributed by atoms with van der Waals surface area (Å²) < 4.78 is 5.75. The van der Waals surface area contributed by atoms with E-state index in [1.54, 1.807) is 18.2 Å². The Hall–Kier alpha value is -3.32. The minimum Gasteiger partial charge on any atom is -0.461 e. The number of benzene rings is 2. The topological polar surface area (TPSA) is 66.0 Å². The Labute approximate surface area is 132 Å². The molecular formula is C19H12N2O2. The highest BCUT2D eigenvalue weighted by molar-refractivity contribution is 6.35. The zero-order chi connectivity index (χ0) is 16.0. The van der Waals surface area contributed by atoms with Gasteiger partial charge in [0.2, 0.25) is 0 Å². The zero-order valence-corrected chi connectivity index (χ0v) is 12.4. The molecule has 0 saturated heterocycles. The third kappa shape index (κ3) is 2.02. The maximum absolute atomic E-state index is 12.3. The molecule has 0 radical (unpaired) electrons. The molecule has 2 heterocycles. The number of rotatable bonds is 1. The molecule has 2 aromatic carbocycles. The first-order valence-electron chi connectivity index (χ1n) is 7.23. The summed E-state index contributed by atoms with van der Waals surface area (Å²) >= 11 is 0. The highest BCUT2D eigenvalue weighted by Gasteiger charge is 2.25. The molecule has 3 aromatic rings. The van der Waals surface area contributed by atoms with E-state index in [1.807, 2.05) is 37.3 Å². The smallest absolute Gasteiger partial charge is 0.256 e. The SMILES string of the molecule is Cc1oc2ccccc2c1/C=C1/C(=O)Nc2cc(C#N)ccc21. The third-order valence-electron chi connectivity index (χ3n) is 4.04. The third-order valence-corrected chi connectivity index (χ3v) is 4.04. The van der Waals surface area contributed by atoms with Crippen LogP contribution in [0.15, 0.2) is 46.9 Å². The number of furan rings is 1. The quantitative estimate of drug-likeness (QED) is 0.688. The van der Waals surface area contributed by atoms with Gasteiger partial charge in [0.1, 0.15) is 11.3 Å². The number of para-hydroxylation sites is 1. The first-order valence-corrected chi connectivity index (χ1v) is 7.23. The van der Waals surface area contributed by atoms with Crippen molar-refractivity contribution in [2.75, 3.05) is 5.32 Å². The summed E-state index contributed by atoms with van der Waals surface area (Å²) in [6.45, 7) is 1.89. The van der Waals surface area contributed by atoms with Crippen LogP contribution in [0, 0.1) is 18.3 Å². The molecule has 0 unspecified atom stereocenters. The summed E-state index contributed by atoms with van der Waals surface area (Å²) in [4.78, 5) is 12.3. The van der Waals surface area contributed by atoms with Gasteiger partial charge in [-0.25, -0.2) is 0 Å². The summed E-state index contributed by atoms with van der Waals surface area (Å²) in [5.74, 6) is 0.605. The number of amides is 1. The Kier molecular flexibility index (Phi) is 2.82. The second-order valence-electron chi connectivity index (χ2n) is 5.45. The monoisotopic (exact) mass is 300 g/mol. The van der Waals surface area contributed by atoms with E-state index in [0.29, 0.717) is 16.8 Å². The van der Waals surface area contributed by atoms with Crippen molar-refractivity contribution in [1.29, 1.82) is 5.26 Å². The van der Waals surface area contributed by atoms with Gasteiger partial charge in [-0.3, -0.25) is 4.79 Å². The van der Waals surface area contributed by atoms with Crippen molar-refractivity contribution in [3.8, 4) is 6.07 Å². The molecule has 1 aliphatic heterocycles. The summed E-state index contributed by atoms with van der Waals surface area (Å²) in [5, 5.41) is 12.8. The van der Waals surface area contributed by atoms with Gasteiger partial charge < -0.3 is 9.73 Å². The number of nitriles is 1. The largest absolute Gasteiger partial charge is 0.461 e. The number of fused-ring (bicyclic) bond motifs is 2. The van der Waals surface area contributed by atoms with E-state index in [0.717, 1.165) is 27.9 Å². The highest BCUT2D eigenvalue weighted by atomic mass is 16.3. The molecule has 0 spiro atoms. The van der Waals surface area contributed by atoms with Gasteiger partial charge in [0.15, 0.2) is 0 Å². The van der Waals surface area contributed by atoms with E-state index in [9.17, 15) is 4.79 Å². The van der Waals surface area contributed by atoms with Gasteiger partial charge in [0, 0.05) is 22.1 Å². The van der Waals surface area contributed by atoms with E-state index in [1.165, 1.54) is 0 Å². The Morgan fingerprint density at radius 2 is 2.04 bits per heavy atom. The van der Waals surface area contributed by atoms with Crippen molar-refractivity contribution in [2.24, 2.45) is 0 Å². The van der Waals surface area contributed by atoms with Crippen LogP contribution in [0.2, 0.25) is 0 Å². The van der Waals surface area contributed by atoms with Gasteiger partial charge in [0.25, 0.3) is 5.91 Å². The lowest BCUT2D eigenvalue weighted by Crippen LogP contribution is -2.03. The molecule has 0 fully saturated rings. The predicted octanol–water partition coefficient (Wildman–Crippen LogP) is 4.11. The first-order chi connectivity index (χ1) is 11.2. The maximum atomic E-state index is 12.3. The van der Waals surface area contributed by atoms with Crippen molar-refractivity contribution in [3.63, 3.8) is 0 Å². The number of aryl methyl sites for hydroxylation is 1. The van der Waals surface area contributed by atoms with Crippen molar-refractivity contribution >= 4 is 34.2 Å². The van der Waals surface area contributed by atoms with E-state index >= 15 is 0 Å². The number of anilines is 1. The minimum absolute atomic E-state index is 0.167. The van der Waals surface area contributed by atoms with Crippen molar-refractivity contribution in [1.82, 2.24) is 0 Å². The number of nitrogens with zero attached hydrogens (tertiary/aromatic N) is 1. The summed E-state index contributed by atoms with van der Waals surface area (Å²) in [7, 11) is 0. The van der Waals surface area contributed by atoms with Gasteiger partial charge in [-0.15, -0.1) is 0 Å². The van der Waals surface area contributed by atoms with Crippen LogP contribution in [-0.2, 0) is 4.79 Å². The standard InChI is InChI=1S/C19H12N2O2/c1-11-15(14-4-2-3-5-18(14)23-11)9-16-13-7-6-12(10-20)8-17(13)21-19(16)22/h2-9H,1H3,(H,21,22)/b16-9+. The van der Waals surface area contributed by atoms with E-state index in [2.05, 4.69) is 11.4 Å². The fourth-order valence-corrected chi connectivity index (χ4v) is 2.92. The van der Waals surface area contributed by atoms with Crippen LogP contribution in [0.1, 0.15) is 22.5 Å². The van der Waals surface area contributed by atoms with Crippen LogP contribution in [0.3, 0.4) is 0 Å². The first kappa shape index (κ1) is 13.4. The Morgan fingerprint density at radius 1 is 1.22 bits per heavy atom. The molecule has 4 nitrogen and oxygen atoms in total. The Balaban J connectivity index is 1.91. The summed E-state index contributed by atoms with van der Waals surface area (Å²) in [6.07, 6.45) is 1.86. The second kappa shape index (κ2) is 4.85. The lowest BCUT2D eigenvalue weighted by molar-refractivity contribution is -0.110. The van der Waals surface area contributed by atoms with Crippen molar-refractivity contribution in [3.05, 3.63) is 64.9 Å².